The van der Waals surface area contributed by atoms with Gasteiger partial charge in [0.1, 0.15) is 0 Å². The van der Waals surface area contributed by atoms with E-state index in [0.717, 1.165) is 11.8 Å². The van der Waals surface area contributed by atoms with Gasteiger partial charge in [-0.05, 0) is 31.0 Å². The zero-order valence-corrected chi connectivity index (χ0v) is 12.6. The zero-order valence-electron chi connectivity index (χ0n) is 11.8. The highest BCUT2D eigenvalue weighted by atomic mass is 32.2. The summed E-state index contributed by atoms with van der Waals surface area (Å²) in [4.78, 5) is 2.67. The van der Waals surface area contributed by atoms with E-state index in [4.69, 9.17) is 0 Å². The van der Waals surface area contributed by atoms with Crippen LogP contribution in [0.1, 0.15) is 31.2 Å². The number of anilines is 1. The average molecular weight is 276 g/mol. The second-order valence-electron chi connectivity index (χ2n) is 5.66. The monoisotopic (exact) mass is 276 g/mol. The highest BCUT2D eigenvalue weighted by molar-refractivity contribution is 8.00. The molecule has 2 nitrogen and oxygen atoms in total. The Morgan fingerprint density at radius 3 is 3.16 bits per heavy atom. The lowest BCUT2D eigenvalue weighted by molar-refractivity contribution is 0.271. The van der Waals surface area contributed by atoms with E-state index < -0.39 is 0 Å². The van der Waals surface area contributed by atoms with Crippen molar-refractivity contribution in [2.24, 2.45) is 0 Å². The molecule has 1 saturated heterocycles. The van der Waals surface area contributed by atoms with Crippen LogP contribution in [0.25, 0.3) is 0 Å². The number of benzene rings is 1. The van der Waals surface area contributed by atoms with Crippen LogP contribution in [-0.2, 0) is 0 Å². The van der Waals surface area contributed by atoms with E-state index in [0.29, 0.717) is 5.92 Å². The van der Waals surface area contributed by atoms with Crippen molar-refractivity contribution in [1.82, 2.24) is 4.90 Å². The molecule has 2 atom stereocenters. The maximum absolute atomic E-state index is 3.54. The van der Waals surface area contributed by atoms with Gasteiger partial charge in [0.2, 0.25) is 0 Å². The highest BCUT2D eigenvalue weighted by Gasteiger charge is 2.24. The van der Waals surface area contributed by atoms with Crippen molar-refractivity contribution in [1.29, 1.82) is 0 Å². The van der Waals surface area contributed by atoms with E-state index in [1.807, 2.05) is 0 Å². The van der Waals surface area contributed by atoms with Gasteiger partial charge in [-0.15, -0.1) is 0 Å². The summed E-state index contributed by atoms with van der Waals surface area (Å²) >= 11 is 2.16. The Labute approximate surface area is 121 Å². The molecule has 0 aromatic heterocycles. The maximum Gasteiger partial charge on any atom is 0.0376 e. The standard InChI is InChI=1S/C16H24N2S/c1-2-14-12-18(9-10-19-14)8-7-13-11-17-16-6-4-3-5-15(13)16/h3-6,13-14,17H,2,7-12H2,1H3. The van der Waals surface area contributed by atoms with Crippen molar-refractivity contribution in [3.63, 3.8) is 0 Å². The lowest BCUT2D eigenvalue weighted by Gasteiger charge is -2.32. The van der Waals surface area contributed by atoms with Gasteiger partial charge in [-0.1, -0.05) is 25.1 Å². The molecule has 1 N–H and O–H groups in total. The van der Waals surface area contributed by atoms with Gasteiger partial charge in [0, 0.05) is 42.2 Å². The van der Waals surface area contributed by atoms with Gasteiger partial charge < -0.3 is 10.2 Å². The first-order valence-corrected chi connectivity index (χ1v) is 8.58. The Balaban J connectivity index is 1.53. The Morgan fingerprint density at radius 1 is 1.37 bits per heavy atom. The number of thioether (sulfide) groups is 1. The topological polar surface area (TPSA) is 15.3 Å². The fourth-order valence-corrected chi connectivity index (χ4v) is 4.43. The lowest BCUT2D eigenvalue weighted by Crippen LogP contribution is -2.38. The minimum Gasteiger partial charge on any atom is -0.384 e. The first-order valence-electron chi connectivity index (χ1n) is 7.53. The molecule has 2 unspecified atom stereocenters. The van der Waals surface area contributed by atoms with E-state index in [2.05, 4.69) is 53.2 Å². The molecule has 0 aliphatic carbocycles. The summed E-state index contributed by atoms with van der Waals surface area (Å²) in [6.45, 7) is 7.28. The SMILES string of the molecule is CCC1CN(CCC2CNc3ccccc32)CCS1. The largest absolute Gasteiger partial charge is 0.384 e. The smallest absolute Gasteiger partial charge is 0.0376 e. The summed E-state index contributed by atoms with van der Waals surface area (Å²) in [6.07, 6.45) is 2.61. The van der Waals surface area contributed by atoms with Crippen molar-refractivity contribution < 1.29 is 0 Å². The predicted molar refractivity (Wildman–Crippen MR) is 85.3 cm³/mol. The van der Waals surface area contributed by atoms with Gasteiger partial charge in [-0.3, -0.25) is 0 Å². The summed E-state index contributed by atoms with van der Waals surface area (Å²) in [5.41, 5.74) is 2.88. The van der Waals surface area contributed by atoms with Crippen LogP contribution < -0.4 is 5.32 Å². The number of hydrogen-bond donors (Lipinski definition) is 1. The molecule has 2 heterocycles. The van der Waals surface area contributed by atoms with Crippen molar-refractivity contribution >= 4 is 17.4 Å². The van der Waals surface area contributed by atoms with Crippen LogP contribution >= 0.6 is 11.8 Å². The molecule has 2 aliphatic rings. The average Bonchev–Trinajstić information content (AvgIpc) is 2.89. The normalized spacial score (nSPS) is 27.0. The summed E-state index contributed by atoms with van der Waals surface area (Å²) in [5.74, 6) is 2.03. The molecular formula is C16H24N2S. The fraction of sp³-hybridized carbons (Fsp3) is 0.625. The quantitative estimate of drug-likeness (QED) is 0.907. The van der Waals surface area contributed by atoms with E-state index in [1.54, 1.807) is 0 Å². The summed E-state index contributed by atoms with van der Waals surface area (Å²) < 4.78 is 0. The summed E-state index contributed by atoms with van der Waals surface area (Å²) in [5, 5.41) is 4.40. The molecule has 1 fully saturated rings. The summed E-state index contributed by atoms with van der Waals surface area (Å²) in [6, 6.07) is 8.80. The molecule has 0 saturated carbocycles. The third-order valence-electron chi connectivity index (χ3n) is 4.41. The zero-order chi connectivity index (χ0) is 13.1. The molecule has 3 heteroatoms. The van der Waals surface area contributed by atoms with Crippen LogP contribution in [0.3, 0.4) is 0 Å². The second kappa shape index (κ2) is 6.19. The molecule has 1 aromatic carbocycles. The lowest BCUT2D eigenvalue weighted by atomic mass is 9.97. The maximum atomic E-state index is 3.54. The molecule has 0 radical (unpaired) electrons. The molecule has 104 valence electrons. The van der Waals surface area contributed by atoms with Crippen molar-refractivity contribution in [2.45, 2.75) is 30.9 Å². The summed E-state index contributed by atoms with van der Waals surface area (Å²) in [7, 11) is 0. The molecule has 0 bridgehead atoms. The van der Waals surface area contributed by atoms with Crippen molar-refractivity contribution in [3.05, 3.63) is 29.8 Å². The number of fused-ring (bicyclic) bond motifs is 1. The van der Waals surface area contributed by atoms with Gasteiger partial charge in [0.25, 0.3) is 0 Å². The minimum absolute atomic E-state index is 0.714. The van der Waals surface area contributed by atoms with Gasteiger partial charge in [0.05, 0.1) is 0 Å². The second-order valence-corrected chi connectivity index (χ2v) is 7.06. The number of hydrogen-bond acceptors (Lipinski definition) is 3. The highest BCUT2D eigenvalue weighted by Crippen LogP contribution is 2.33. The first-order chi connectivity index (χ1) is 9.36. The fourth-order valence-electron chi connectivity index (χ4n) is 3.18. The van der Waals surface area contributed by atoms with Crippen LogP contribution in [0.15, 0.2) is 24.3 Å². The number of para-hydroxylation sites is 1. The van der Waals surface area contributed by atoms with Crippen LogP contribution in [0.4, 0.5) is 5.69 Å². The van der Waals surface area contributed by atoms with Crippen molar-refractivity contribution in [3.8, 4) is 0 Å². The Morgan fingerprint density at radius 2 is 2.26 bits per heavy atom. The van der Waals surface area contributed by atoms with Gasteiger partial charge >= 0.3 is 0 Å². The Kier molecular flexibility index (Phi) is 4.34. The van der Waals surface area contributed by atoms with Crippen LogP contribution in [0.2, 0.25) is 0 Å². The molecule has 1 aromatic rings. The Bertz CT molecular complexity index is 421. The number of nitrogens with one attached hydrogen (secondary N) is 1. The first kappa shape index (κ1) is 13.3. The number of nitrogens with zero attached hydrogens (tertiary/aromatic N) is 1. The molecule has 2 aliphatic heterocycles. The van der Waals surface area contributed by atoms with Crippen LogP contribution in [0.5, 0.6) is 0 Å². The van der Waals surface area contributed by atoms with Gasteiger partial charge in [-0.25, -0.2) is 0 Å². The third-order valence-corrected chi connectivity index (χ3v) is 5.78. The minimum atomic E-state index is 0.714. The van der Waals surface area contributed by atoms with E-state index in [-0.39, 0.29) is 0 Å². The van der Waals surface area contributed by atoms with Crippen molar-refractivity contribution in [2.75, 3.05) is 37.2 Å². The third kappa shape index (κ3) is 3.09. The van der Waals surface area contributed by atoms with E-state index in [9.17, 15) is 0 Å². The van der Waals surface area contributed by atoms with Crippen LogP contribution in [-0.4, -0.2) is 42.1 Å². The van der Waals surface area contributed by atoms with Gasteiger partial charge in [0.15, 0.2) is 0 Å². The predicted octanol–water partition coefficient (Wildman–Crippen LogP) is 3.41. The molecule has 0 amide bonds. The number of rotatable bonds is 4. The molecule has 19 heavy (non-hydrogen) atoms. The van der Waals surface area contributed by atoms with E-state index >= 15 is 0 Å². The van der Waals surface area contributed by atoms with E-state index in [1.165, 1.54) is 49.5 Å². The molecule has 0 spiro atoms. The molecule has 3 rings (SSSR count). The van der Waals surface area contributed by atoms with Crippen LogP contribution in [0, 0.1) is 0 Å². The Hall–Kier alpha value is -0.670. The molecular weight excluding hydrogens is 252 g/mol. The van der Waals surface area contributed by atoms with Gasteiger partial charge in [-0.2, -0.15) is 11.8 Å².